The van der Waals surface area contributed by atoms with E-state index in [0.717, 1.165) is 0 Å². The van der Waals surface area contributed by atoms with Crippen LogP contribution in [-0.2, 0) is 0 Å². The Balaban J connectivity index is 1.28. The fraction of sp³-hybridized carbons (Fsp3) is 0.568. The molecule has 0 aliphatic heterocycles. The standard InChI is InChI=1S/C37H58N2Si2/c1-36(2,3)38-40(7,8)34-26-28(30-22-16-18-24-32(30)34)20-14-12-11-13-15-21-29-27-35(33-25-19-17-23-31(29)33)41(9,10)39-37(4,5)6/h16-19,22-27,34-35,38-39H,11-15,20-21H2,1-10H3. The monoisotopic (exact) mass is 586 g/mol. The Labute approximate surface area is 254 Å². The topological polar surface area (TPSA) is 24.1 Å². The average Bonchev–Trinajstić information content (AvgIpc) is 3.41. The number of unbranched alkanes of at least 4 members (excludes halogenated alkanes) is 4. The molecule has 4 heteroatoms. The van der Waals surface area contributed by atoms with Crippen LogP contribution in [0.4, 0.5) is 0 Å². The molecule has 2 aromatic carbocycles. The summed E-state index contributed by atoms with van der Waals surface area (Å²) in [5, 5.41) is 0. The number of hydrogen-bond donors (Lipinski definition) is 2. The van der Waals surface area contributed by atoms with Crippen molar-refractivity contribution < 1.29 is 0 Å². The summed E-state index contributed by atoms with van der Waals surface area (Å²) < 4.78 is 0. The van der Waals surface area contributed by atoms with E-state index in [2.05, 4.69) is 138 Å². The highest BCUT2D eigenvalue weighted by Gasteiger charge is 2.40. The van der Waals surface area contributed by atoms with Gasteiger partial charge in [-0.05, 0) is 101 Å². The summed E-state index contributed by atoms with van der Waals surface area (Å²) >= 11 is 0. The van der Waals surface area contributed by atoms with Gasteiger partial charge in [-0.1, -0.05) is 106 Å². The Morgan fingerprint density at radius 2 is 0.878 bits per heavy atom. The zero-order valence-electron chi connectivity index (χ0n) is 27.9. The molecule has 0 aromatic heterocycles. The molecule has 0 saturated carbocycles. The van der Waals surface area contributed by atoms with Gasteiger partial charge in [-0.3, -0.25) is 0 Å². The summed E-state index contributed by atoms with van der Waals surface area (Å²) in [6, 6.07) is 18.4. The number of allylic oxidation sites excluding steroid dienone is 4. The van der Waals surface area contributed by atoms with Crippen LogP contribution in [0.15, 0.2) is 60.7 Å². The molecule has 2 aromatic rings. The molecule has 0 radical (unpaired) electrons. The zero-order valence-corrected chi connectivity index (χ0v) is 29.9. The highest BCUT2D eigenvalue weighted by atomic mass is 28.3. The molecule has 2 unspecified atom stereocenters. The molecule has 0 saturated heterocycles. The molecule has 0 bridgehead atoms. The number of benzene rings is 2. The maximum absolute atomic E-state index is 4.03. The first-order valence-electron chi connectivity index (χ1n) is 16.3. The highest BCUT2D eigenvalue weighted by molar-refractivity contribution is 6.77. The van der Waals surface area contributed by atoms with Crippen molar-refractivity contribution in [3.63, 3.8) is 0 Å². The number of rotatable bonds is 12. The summed E-state index contributed by atoms with van der Waals surface area (Å²) in [6.07, 6.45) is 14.3. The van der Waals surface area contributed by atoms with E-state index >= 15 is 0 Å². The number of nitrogens with one attached hydrogen (secondary N) is 2. The van der Waals surface area contributed by atoms with Crippen molar-refractivity contribution in [2.45, 2.75) is 135 Å². The third-order valence-corrected chi connectivity index (χ3v) is 15.7. The second-order valence-corrected chi connectivity index (χ2v) is 24.6. The van der Waals surface area contributed by atoms with Crippen LogP contribution in [0.5, 0.6) is 0 Å². The van der Waals surface area contributed by atoms with Gasteiger partial charge < -0.3 is 9.96 Å². The van der Waals surface area contributed by atoms with Crippen LogP contribution in [0, 0.1) is 0 Å². The molecule has 2 N–H and O–H groups in total. The van der Waals surface area contributed by atoms with E-state index in [0.29, 0.717) is 11.1 Å². The molecule has 2 aliphatic rings. The van der Waals surface area contributed by atoms with Crippen molar-refractivity contribution in [2.24, 2.45) is 0 Å². The largest absolute Gasteiger partial charge is 0.332 e. The first kappa shape index (κ1) is 32.2. The van der Waals surface area contributed by atoms with Gasteiger partial charge in [0, 0.05) is 22.2 Å². The molecule has 0 spiro atoms. The van der Waals surface area contributed by atoms with Crippen LogP contribution in [-0.4, -0.2) is 27.5 Å². The molecular formula is C37H58N2Si2. The minimum absolute atomic E-state index is 0.153. The van der Waals surface area contributed by atoms with Crippen LogP contribution in [0.2, 0.25) is 26.2 Å². The van der Waals surface area contributed by atoms with Gasteiger partial charge in [-0.2, -0.15) is 0 Å². The summed E-state index contributed by atoms with van der Waals surface area (Å²) in [5.74, 6) is 0. The Morgan fingerprint density at radius 1 is 0.537 bits per heavy atom. The molecule has 224 valence electrons. The summed E-state index contributed by atoms with van der Waals surface area (Å²) in [6.45, 7) is 23.9. The molecule has 0 fully saturated rings. The molecule has 41 heavy (non-hydrogen) atoms. The summed E-state index contributed by atoms with van der Waals surface area (Å²) in [4.78, 5) is 8.06. The van der Waals surface area contributed by atoms with Gasteiger partial charge in [0.15, 0.2) is 0 Å². The molecular weight excluding hydrogens is 529 g/mol. The second-order valence-electron chi connectivity index (χ2n) is 16.0. The van der Waals surface area contributed by atoms with Gasteiger partial charge in [-0.25, -0.2) is 0 Å². The van der Waals surface area contributed by atoms with Gasteiger partial charge in [-0.15, -0.1) is 0 Å². The summed E-state index contributed by atoms with van der Waals surface area (Å²) in [5.41, 5.74) is 10.8. The number of fused-ring (bicyclic) bond motifs is 2. The first-order valence-corrected chi connectivity index (χ1v) is 22.4. The van der Waals surface area contributed by atoms with Gasteiger partial charge in [0.05, 0.1) is 0 Å². The van der Waals surface area contributed by atoms with Crippen LogP contribution in [0.3, 0.4) is 0 Å². The molecule has 0 heterocycles. The normalized spacial score (nSPS) is 19.2. The molecule has 2 atom stereocenters. The Hall–Kier alpha value is -1.73. The van der Waals surface area contributed by atoms with Gasteiger partial charge in [0.2, 0.25) is 0 Å². The zero-order chi connectivity index (χ0) is 30.1. The molecule has 2 nitrogen and oxygen atoms in total. The molecule has 0 amide bonds. The lowest BCUT2D eigenvalue weighted by molar-refractivity contribution is 0.508. The third-order valence-electron chi connectivity index (χ3n) is 8.86. The maximum Gasteiger partial charge on any atom is 0.131 e. The van der Waals surface area contributed by atoms with Gasteiger partial charge in [0.25, 0.3) is 0 Å². The molecule has 2 aliphatic carbocycles. The minimum Gasteiger partial charge on any atom is -0.332 e. The van der Waals surface area contributed by atoms with Crippen molar-refractivity contribution in [3.8, 4) is 0 Å². The first-order chi connectivity index (χ1) is 19.1. The van der Waals surface area contributed by atoms with Gasteiger partial charge in [0.1, 0.15) is 16.5 Å². The average molecular weight is 587 g/mol. The lowest BCUT2D eigenvalue weighted by Gasteiger charge is -2.37. The van der Waals surface area contributed by atoms with Gasteiger partial charge >= 0.3 is 0 Å². The van der Waals surface area contributed by atoms with Crippen molar-refractivity contribution >= 4 is 27.6 Å². The fourth-order valence-corrected chi connectivity index (χ4v) is 15.2. The van der Waals surface area contributed by atoms with Crippen molar-refractivity contribution in [1.29, 1.82) is 0 Å². The second kappa shape index (κ2) is 12.5. The quantitative estimate of drug-likeness (QED) is 0.191. The lowest BCUT2D eigenvalue weighted by Crippen LogP contribution is -2.57. The minimum atomic E-state index is -1.66. The fourth-order valence-electron chi connectivity index (χ4n) is 7.76. The third kappa shape index (κ3) is 8.22. The van der Waals surface area contributed by atoms with Crippen LogP contribution >= 0.6 is 0 Å². The summed E-state index contributed by atoms with van der Waals surface area (Å²) in [7, 11) is -3.33. The van der Waals surface area contributed by atoms with E-state index in [1.807, 2.05) is 0 Å². The van der Waals surface area contributed by atoms with Crippen molar-refractivity contribution in [2.75, 3.05) is 0 Å². The van der Waals surface area contributed by atoms with E-state index in [9.17, 15) is 0 Å². The maximum atomic E-state index is 4.03. The Morgan fingerprint density at radius 3 is 1.24 bits per heavy atom. The Bertz CT molecular complexity index is 1160. The van der Waals surface area contributed by atoms with E-state index in [4.69, 9.17) is 0 Å². The van der Waals surface area contributed by atoms with Crippen LogP contribution in [0.1, 0.15) is 120 Å². The smallest absolute Gasteiger partial charge is 0.131 e. The predicted octanol–water partition coefficient (Wildman–Crippen LogP) is 10.3. The van der Waals surface area contributed by atoms with Crippen LogP contribution < -0.4 is 9.96 Å². The van der Waals surface area contributed by atoms with E-state index in [1.165, 1.54) is 56.1 Å². The van der Waals surface area contributed by atoms with Crippen LogP contribution in [0.25, 0.3) is 11.1 Å². The van der Waals surface area contributed by atoms with E-state index in [1.54, 1.807) is 22.3 Å². The van der Waals surface area contributed by atoms with E-state index < -0.39 is 16.5 Å². The molecule has 4 rings (SSSR count). The van der Waals surface area contributed by atoms with Crippen molar-refractivity contribution in [1.82, 2.24) is 9.96 Å². The SMILES string of the molecule is CC(C)(C)N[Si](C)(C)C1C=C(CCCCCCCC2=CC([Si](C)(C)NC(C)(C)C)c3ccccc32)c2ccccc21. The van der Waals surface area contributed by atoms with E-state index in [-0.39, 0.29) is 11.1 Å². The van der Waals surface area contributed by atoms with Crippen molar-refractivity contribution in [3.05, 3.63) is 82.9 Å². The lowest BCUT2D eigenvalue weighted by atomic mass is 9.98. The highest BCUT2D eigenvalue weighted by Crippen LogP contribution is 2.44. The Kier molecular flexibility index (Phi) is 9.80. The number of hydrogen-bond acceptors (Lipinski definition) is 2. The predicted molar refractivity (Wildman–Crippen MR) is 187 cm³/mol.